The van der Waals surface area contributed by atoms with Crippen LogP contribution in [0.3, 0.4) is 0 Å². The van der Waals surface area contributed by atoms with E-state index in [-0.39, 0.29) is 29.6 Å². The van der Waals surface area contributed by atoms with E-state index in [1.807, 2.05) is 62.3 Å². The molecule has 0 fully saturated rings. The van der Waals surface area contributed by atoms with Crippen LogP contribution in [0.15, 0.2) is 0 Å². The third-order valence-corrected chi connectivity index (χ3v) is 3.03. The van der Waals surface area contributed by atoms with Gasteiger partial charge in [0.1, 0.15) is 5.60 Å². The zero-order valence-electron chi connectivity index (χ0n) is 16.2. The lowest BCUT2D eigenvalue weighted by Crippen LogP contribution is -2.52. The third kappa shape index (κ3) is 9.43. The summed E-state index contributed by atoms with van der Waals surface area (Å²) in [6.45, 7) is 18.1. The van der Waals surface area contributed by atoms with Crippen molar-refractivity contribution in [3.8, 4) is 0 Å². The van der Waals surface area contributed by atoms with Crippen molar-refractivity contribution < 1.29 is 14.3 Å². The van der Waals surface area contributed by atoms with Crippen LogP contribution >= 0.6 is 0 Å². The van der Waals surface area contributed by atoms with E-state index in [4.69, 9.17) is 4.74 Å². The topological polar surface area (TPSA) is 70.7 Å². The predicted molar refractivity (Wildman–Crippen MR) is 93.4 cm³/mol. The molecule has 6 heteroatoms. The molecule has 0 radical (unpaired) electrons. The number of nitrogens with zero attached hydrogens (tertiary/aromatic N) is 1. The highest BCUT2D eigenvalue weighted by atomic mass is 16.6. The number of hydrogen-bond acceptors (Lipinski definition) is 4. The van der Waals surface area contributed by atoms with E-state index >= 15 is 0 Å². The molecule has 0 aliphatic rings. The molecule has 0 aromatic heterocycles. The lowest BCUT2D eigenvalue weighted by Gasteiger charge is -2.37. The second-order valence-electron chi connectivity index (χ2n) is 8.14. The number of ether oxygens (including phenoxy) is 1. The number of carbonyl (C=O) groups is 2. The quantitative estimate of drug-likeness (QED) is 0.785. The Morgan fingerprint density at radius 3 is 1.96 bits per heavy atom. The number of hydrogen-bond donors (Lipinski definition) is 2. The normalized spacial score (nSPS) is 13.7. The van der Waals surface area contributed by atoms with Gasteiger partial charge in [-0.3, -0.25) is 4.79 Å². The highest BCUT2D eigenvalue weighted by molar-refractivity contribution is 5.81. The number of carbonyl (C=O) groups excluding carboxylic acids is 2. The summed E-state index contributed by atoms with van der Waals surface area (Å²) in [5, 5.41) is 6.00. The minimum Gasteiger partial charge on any atom is -0.444 e. The van der Waals surface area contributed by atoms with Crippen molar-refractivity contribution in [3.63, 3.8) is 0 Å². The lowest BCUT2D eigenvalue weighted by molar-refractivity contribution is -0.123. The summed E-state index contributed by atoms with van der Waals surface area (Å²) in [6.07, 6.45) is -0.342. The fraction of sp³-hybridized carbons (Fsp3) is 0.882. The van der Waals surface area contributed by atoms with Crippen molar-refractivity contribution in [2.24, 2.45) is 0 Å². The standard InChI is InChI=1S/C17H35N3O3/c1-12(2)19-14(21)13(3)18-10-11-20(16(4,5)6)15(22)23-17(7,8)9/h12-13,18H,10-11H2,1-9H3,(H,19,21). The molecule has 2 amide bonds. The summed E-state index contributed by atoms with van der Waals surface area (Å²) < 4.78 is 5.46. The van der Waals surface area contributed by atoms with E-state index in [9.17, 15) is 9.59 Å². The Labute approximate surface area is 141 Å². The molecule has 0 aromatic carbocycles. The summed E-state index contributed by atoms with van der Waals surface area (Å²) >= 11 is 0. The molecule has 2 N–H and O–H groups in total. The van der Waals surface area contributed by atoms with Gasteiger partial charge in [0.05, 0.1) is 6.04 Å². The summed E-state index contributed by atoms with van der Waals surface area (Å²) in [6, 6.07) is -0.197. The first-order valence-corrected chi connectivity index (χ1v) is 8.28. The van der Waals surface area contributed by atoms with Gasteiger partial charge in [-0.25, -0.2) is 4.79 Å². The van der Waals surface area contributed by atoms with Crippen molar-refractivity contribution in [1.29, 1.82) is 0 Å². The Kier molecular flexibility index (Phi) is 8.04. The maximum absolute atomic E-state index is 12.4. The molecule has 0 heterocycles. The molecular formula is C17H35N3O3. The SMILES string of the molecule is CC(C)NC(=O)C(C)NCCN(C(=O)OC(C)(C)C)C(C)(C)C. The highest BCUT2D eigenvalue weighted by Gasteiger charge is 2.30. The van der Waals surface area contributed by atoms with Crippen LogP contribution in [0.5, 0.6) is 0 Å². The Morgan fingerprint density at radius 2 is 1.57 bits per heavy atom. The molecule has 0 aliphatic heterocycles. The first-order chi connectivity index (χ1) is 10.2. The largest absolute Gasteiger partial charge is 0.444 e. The van der Waals surface area contributed by atoms with Crippen LogP contribution in [0.25, 0.3) is 0 Å². The van der Waals surface area contributed by atoms with E-state index in [1.165, 1.54) is 0 Å². The molecule has 0 aliphatic carbocycles. The summed E-state index contributed by atoms with van der Waals surface area (Å²) in [5.74, 6) is -0.0421. The molecule has 136 valence electrons. The fourth-order valence-corrected chi connectivity index (χ4v) is 1.91. The van der Waals surface area contributed by atoms with Gasteiger partial charge in [-0.1, -0.05) is 0 Å². The van der Waals surface area contributed by atoms with E-state index < -0.39 is 5.60 Å². The van der Waals surface area contributed by atoms with Crippen LogP contribution in [0.4, 0.5) is 4.79 Å². The zero-order valence-corrected chi connectivity index (χ0v) is 16.2. The molecular weight excluding hydrogens is 294 g/mol. The minimum atomic E-state index is -0.529. The van der Waals surface area contributed by atoms with Crippen molar-refractivity contribution in [2.75, 3.05) is 13.1 Å². The molecule has 0 bridgehead atoms. The van der Waals surface area contributed by atoms with Crippen LogP contribution < -0.4 is 10.6 Å². The van der Waals surface area contributed by atoms with Crippen LogP contribution in [0, 0.1) is 0 Å². The van der Waals surface area contributed by atoms with Gasteiger partial charge in [-0.05, 0) is 62.3 Å². The number of amides is 2. The van der Waals surface area contributed by atoms with Crippen LogP contribution in [0.1, 0.15) is 62.3 Å². The van der Waals surface area contributed by atoms with Crippen molar-refractivity contribution in [3.05, 3.63) is 0 Å². The van der Waals surface area contributed by atoms with Gasteiger partial charge >= 0.3 is 6.09 Å². The molecule has 1 unspecified atom stereocenters. The van der Waals surface area contributed by atoms with Crippen molar-refractivity contribution >= 4 is 12.0 Å². The predicted octanol–water partition coefficient (Wildman–Crippen LogP) is 2.52. The summed E-state index contributed by atoms with van der Waals surface area (Å²) in [5.41, 5.74) is -0.883. The van der Waals surface area contributed by atoms with Gasteiger partial charge in [0.2, 0.25) is 5.91 Å². The van der Waals surface area contributed by atoms with Gasteiger partial charge in [0, 0.05) is 24.7 Å². The second-order valence-corrected chi connectivity index (χ2v) is 8.14. The fourth-order valence-electron chi connectivity index (χ4n) is 1.91. The van der Waals surface area contributed by atoms with Gasteiger partial charge in [0.15, 0.2) is 0 Å². The second kappa shape index (κ2) is 8.52. The van der Waals surface area contributed by atoms with Gasteiger partial charge < -0.3 is 20.3 Å². The van der Waals surface area contributed by atoms with Gasteiger partial charge in [-0.15, -0.1) is 0 Å². The Morgan fingerprint density at radius 1 is 1.04 bits per heavy atom. The smallest absolute Gasteiger partial charge is 0.410 e. The number of nitrogens with one attached hydrogen (secondary N) is 2. The summed E-state index contributed by atoms with van der Waals surface area (Å²) in [4.78, 5) is 25.9. The van der Waals surface area contributed by atoms with Crippen LogP contribution in [-0.4, -0.2) is 53.2 Å². The van der Waals surface area contributed by atoms with E-state index in [2.05, 4.69) is 10.6 Å². The van der Waals surface area contributed by atoms with Gasteiger partial charge in [0.25, 0.3) is 0 Å². The van der Waals surface area contributed by atoms with E-state index in [0.29, 0.717) is 13.1 Å². The average Bonchev–Trinajstić information content (AvgIpc) is 2.29. The Balaban J connectivity index is 4.59. The molecule has 0 saturated carbocycles. The lowest BCUT2D eigenvalue weighted by atomic mass is 10.1. The monoisotopic (exact) mass is 329 g/mol. The summed E-state index contributed by atoms with van der Waals surface area (Å²) in [7, 11) is 0. The molecule has 0 spiro atoms. The maximum Gasteiger partial charge on any atom is 0.410 e. The Hall–Kier alpha value is -1.30. The first kappa shape index (κ1) is 21.7. The molecule has 0 saturated heterocycles. The van der Waals surface area contributed by atoms with Crippen molar-refractivity contribution in [2.45, 2.75) is 85.5 Å². The first-order valence-electron chi connectivity index (χ1n) is 8.28. The third-order valence-electron chi connectivity index (χ3n) is 3.03. The Bertz CT molecular complexity index is 395. The van der Waals surface area contributed by atoms with Gasteiger partial charge in [-0.2, -0.15) is 0 Å². The molecule has 23 heavy (non-hydrogen) atoms. The average molecular weight is 329 g/mol. The molecule has 0 rings (SSSR count). The number of rotatable bonds is 6. The van der Waals surface area contributed by atoms with E-state index in [1.54, 1.807) is 4.90 Å². The molecule has 0 aromatic rings. The maximum atomic E-state index is 12.4. The molecule has 6 nitrogen and oxygen atoms in total. The van der Waals surface area contributed by atoms with Crippen LogP contribution in [-0.2, 0) is 9.53 Å². The molecule has 1 atom stereocenters. The van der Waals surface area contributed by atoms with E-state index in [0.717, 1.165) is 0 Å². The van der Waals surface area contributed by atoms with Crippen LogP contribution in [0.2, 0.25) is 0 Å². The zero-order chi connectivity index (χ0) is 18.4. The minimum absolute atomic E-state index is 0.0421. The van der Waals surface area contributed by atoms with Crippen molar-refractivity contribution in [1.82, 2.24) is 15.5 Å². The highest BCUT2D eigenvalue weighted by Crippen LogP contribution is 2.17.